The molecular formula is C38H36ClN7O2. The molecule has 0 saturated carbocycles. The minimum absolute atomic E-state index is 0.169. The van der Waals surface area contributed by atoms with Gasteiger partial charge in [-0.15, -0.1) is 0 Å². The molecule has 0 aliphatic heterocycles. The zero-order chi connectivity index (χ0) is 33.9. The van der Waals surface area contributed by atoms with Crippen molar-refractivity contribution in [3.05, 3.63) is 106 Å². The number of carbonyl (C=O) groups excluding carboxylic acids is 1. The van der Waals surface area contributed by atoms with E-state index in [9.17, 15) is 4.79 Å². The van der Waals surface area contributed by atoms with Crippen LogP contribution in [0.4, 0.5) is 5.69 Å². The molecule has 3 heterocycles. The molecule has 7 rings (SSSR count). The summed E-state index contributed by atoms with van der Waals surface area (Å²) in [6.45, 7) is 8.46. The normalized spacial score (nSPS) is 12.6. The minimum atomic E-state index is -0.336. The van der Waals surface area contributed by atoms with E-state index in [2.05, 4.69) is 47.2 Å². The highest BCUT2D eigenvalue weighted by atomic mass is 35.5. The van der Waals surface area contributed by atoms with Crippen LogP contribution >= 0.6 is 11.6 Å². The molecule has 1 atom stereocenters. The van der Waals surface area contributed by atoms with Crippen molar-refractivity contribution in [3.63, 3.8) is 0 Å². The predicted molar refractivity (Wildman–Crippen MR) is 191 cm³/mol. The molecule has 1 unspecified atom stereocenters. The summed E-state index contributed by atoms with van der Waals surface area (Å²) in [5.74, 6) is 0.511. The van der Waals surface area contributed by atoms with E-state index in [0.717, 1.165) is 67.7 Å². The van der Waals surface area contributed by atoms with Gasteiger partial charge in [0, 0.05) is 65.0 Å². The Morgan fingerprint density at radius 1 is 1.06 bits per heavy atom. The molecule has 10 heteroatoms. The van der Waals surface area contributed by atoms with Crippen LogP contribution in [0.2, 0.25) is 5.02 Å². The Morgan fingerprint density at radius 3 is 2.58 bits per heavy atom. The van der Waals surface area contributed by atoms with Crippen molar-refractivity contribution in [3.8, 4) is 39.3 Å². The maximum atomic E-state index is 12.5. The second-order valence-corrected chi connectivity index (χ2v) is 12.8. The van der Waals surface area contributed by atoms with E-state index in [0.29, 0.717) is 28.7 Å². The maximum Gasteiger partial charge on any atom is 0.271 e. The molecule has 3 aromatic carbocycles. The number of hydrogen-bond acceptors (Lipinski definition) is 7. The topological polar surface area (TPSA) is 112 Å². The SMILES string of the molecule is CCOc1c(C(C)n2nc(-c3cc(C)c(N)c4c3Cc3ccccc3-4)c3cncnc32)cc(Cl)c(C)c1-c1ccc(C(=O)N(C)C)nc1. The van der Waals surface area contributed by atoms with Gasteiger partial charge in [0.2, 0.25) is 0 Å². The summed E-state index contributed by atoms with van der Waals surface area (Å²) in [5.41, 5.74) is 19.3. The van der Waals surface area contributed by atoms with Crippen LogP contribution in [0.15, 0.2) is 67.3 Å². The van der Waals surface area contributed by atoms with Gasteiger partial charge in [-0.05, 0) is 80.1 Å². The van der Waals surface area contributed by atoms with Gasteiger partial charge in [-0.2, -0.15) is 5.10 Å². The number of fused-ring (bicyclic) bond motifs is 4. The molecule has 0 radical (unpaired) electrons. The summed E-state index contributed by atoms with van der Waals surface area (Å²) >= 11 is 6.95. The van der Waals surface area contributed by atoms with Crippen LogP contribution < -0.4 is 10.5 Å². The number of hydrogen-bond donors (Lipinski definition) is 1. The van der Waals surface area contributed by atoms with Gasteiger partial charge in [0.1, 0.15) is 23.5 Å². The fourth-order valence-electron chi connectivity index (χ4n) is 6.77. The summed E-state index contributed by atoms with van der Waals surface area (Å²) < 4.78 is 8.32. The quantitative estimate of drug-likeness (QED) is 0.175. The van der Waals surface area contributed by atoms with Crippen molar-refractivity contribution in [1.82, 2.24) is 29.6 Å². The molecule has 3 aromatic heterocycles. The lowest BCUT2D eigenvalue weighted by atomic mass is 9.93. The molecule has 0 saturated heterocycles. The van der Waals surface area contributed by atoms with Gasteiger partial charge in [-0.3, -0.25) is 9.78 Å². The lowest BCUT2D eigenvalue weighted by molar-refractivity contribution is 0.0822. The average Bonchev–Trinajstić information content (AvgIpc) is 3.67. The summed E-state index contributed by atoms with van der Waals surface area (Å²) in [6, 6.07) is 15.8. The standard InChI is InChI=1S/C38H36ClN7O2/c1-7-48-36-26(16-30(39)21(3)32(36)24-12-13-31(42-17-24)38(47)45(5)6)22(4)46-37-29(18-41-19-43-37)35(44-46)28-14-20(2)34(40)33-25-11-9-8-10-23(25)15-27(28)33/h8-14,16-19,22H,7,15,40H2,1-6H3. The smallest absolute Gasteiger partial charge is 0.271 e. The number of halogens is 1. The molecule has 1 amide bonds. The highest BCUT2D eigenvalue weighted by Gasteiger charge is 2.30. The molecule has 242 valence electrons. The summed E-state index contributed by atoms with van der Waals surface area (Å²) in [4.78, 5) is 27.7. The lowest BCUT2D eigenvalue weighted by Crippen LogP contribution is -2.22. The summed E-state index contributed by atoms with van der Waals surface area (Å²) in [7, 11) is 3.41. The van der Waals surface area contributed by atoms with E-state index in [1.165, 1.54) is 16.0 Å². The van der Waals surface area contributed by atoms with Crippen LogP contribution in [0, 0.1) is 13.8 Å². The van der Waals surface area contributed by atoms with Gasteiger partial charge in [-0.1, -0.05) is 41.9 Å². The van der Waals surface area contributed by atoms with E-state index in [1.807, 2.05) is 43.8 Å². The van der Waals surface area contributed by atoms with E-state index in [-0.39, 0.29) is 11.9 Å². The highest BCUT2D eigenvalue weighted by molar-refractivity contribution is 6.32. The van der Waals surface area contributed by atoms with Crippen LogP contribution in [-0.4, -0.2) is 56.2 Å². The molecule has 48 heavy (non-hydrogen) atoms. The Bertz CT molecular complexity index is 2240. The van der Waals surface area contributed by atoms with Gasteiger partial charge in [0.15, 0.2) is 5.65 Å². The van der Waals surface area contributed by atoms with Crippen molar-refractivity contribution >= 4 is 34.2 Å². The Hall–Kier alpha value is -5.28. The number of aromatic nitrogens is 5. The Kier molecular flexibility index (Phi) is 7.87. The maximum absolute atomic E-state index is 12.5. The molecule has 0 fully saturated rings. The van der Waals surface area contributed by atoms with E-state index >= 15 is 0 Å². The first-order valence-corrected chi connectivity index (χ1v) is 16.3. The van der Waals surface area contributed by atoms with E-state index in [1.54, 1.807) is 32.7 Å². The number of rotatable bonds is 7. The molecule has 9 nitrogen and oxygen atoms in total. The zero-order valence-electron chi connectivity index (χ0n) is 27.8. The molecule has 1 aliphatic rings. The van der Waals surface area contributed by atoms with Crippen LogP contribution in [0.1, 0.15) is 58.2 Å². The van der Waals surface area contributed by atoms with Crippen molar-refractivity contribution in [2.24, 2.45) is 0 Å². The third-order valence-corrected chi connectivity index (χ3v) is 9.64. The van der Waals surface area contributed by atoms with Crippen molar-refractivity contribution < 1.29 is 9.53 Å². The lowest BCUT2D eigenvalue weighted by Gasteiger charge is -2.23. The number of amides is 1. The first-order chi connectivity index (χ1) is 23.1. The third kappa shape index (κ3) is 4.97. The van der Waals surface area contributed by atoms with Crippen molar-refractivity contribution in [1.29, 1.82) is 0 Å². The van der Waals surface area contributed by atoms with Gasteiger partial charge >= 0.3 is 0 Å². The average molecular weight is 658 g/mol. The number of aryl methyl sites for hydroxylation is 1. The second-order valence-electron chi connectivity index (χ2n) is 12.4. The number of benzene rings is 3. The van der Waals surface area contributed by atoms with E-state index < -0.39 is 0 Å². The number of carbonyl (C=O) groups is 1. The molecule has 0 spiro atoms. The Labute approximate surface area is 284 Å². The molecular weight excluding hydrogens is 622 g/mol. The predicted octanol–water partition coefficient (Wildman–Crippen LogP) is 7.69. The number of pyridine rings is 1. The summed E-state index contributed by atoms with van der Waals surface area (Å²) in [5, 5.41) is 6.69. The van der Waals surface area contributed by atoms with E-state index in [4.69, 9.17) is 32.2 Å². The van der Waals surface area contributed by atoms with Crippen molar-refractivity contribution in [2.75, 3.05) is 26.4 Å². The van der Waals surface area contributed by atoms with Crippen LogP contribution in [0.5, 0.6) is 5.75 Å². The monoisotopic (exact) mass is 657 g/mol. The van der Waals surface area contributed by atoms with Crippen molar-refractivity contribution in [2.45, 2.75) is 40.2 Å². The summed E-state index contributed by atoms with van der Waals surface area (Å²) in [6.07, 6.45) is 5.84. The van der Waals surface area contributed by atoms with Crippen LogP contribution in [-0.2, 0) is 6.42 Å². The zero-order valence-corrected chi connectivity index (χ0v) is 28.6. The van der Waals surface area contributed by atoms with Gasteiger partial charge in [0.25, 0.3) is 5.91 Å². The highest BCUT2D eigenvalue weighted by Crippen LogP contribution is 2.48. The molecule has 0 bridgehead atoms. The second kappa shape index (κ2) is 12.1. The first kappa shape index (κ1) is 31.3. The first-order valence-electron chi connectivity index (χ1n) is 15.9. The number of ether oxygens (including phenoxy) is 1. The van der Waals surface area contributed by atoms with Gasteiger partial charge < -0.3 is 15.4 Å². The van der Waals surface area contributed by atoms with Gasteiger partial charge in [0.05, 0.1) is 18.0 Å². The Morgan fingerprint density at radius 2 is 1.85 bits per heavy atom. The third-order valence-electron chi connectivity index (χ3n) is 9.25. The fraction of sp³-hybridized carbons (Fsp3) is 0.237. The Balaban J connectivity index is 1.40. The number of nitrogens with two attached hydrogens (primary N) is 1. The van der Waals surface area contributed by atoms with Crippen LogP contribution in [0.25, 0.3) is 44.5 Å². The molecule has 2 N–H and O–H groups in total. The van der Waals surface area contributed by atoms with Gasteiger partial charge in [-0.25, -0.2) is 14.6 Å². The minimum Gasteiger partial charge on any atom is -0.493 e. The van der Waals surface area contributed by atoms with Crippen LogP contribution in [0.3, 0.4) is 0 Å². The fourth-order valence-corrected chi connectivity index (χ4v) is 6.98. The number of nitrogen functional groups attached to an aromatic ring is 1. The molecule has 1 aliphatic carbocycles. The largest absolute Gasteiger partial charge is 0.493 e. The number of anilines is 1. The molecule has 6 aromatic rings. The number of nitrogens with zero attached hydrogens (tertiary/aromatic N) is 6.